The van der Waals surface area contributed by atoms with Crippen molar-refractivity contribution in [3.63, 3.8) is 0 Å². The summed E-state index contributed by atoms with van der Waals surface area (Å²) < 4.78 is 21.0. The highest BCUT2D eigenvalue weighted by atomic mass is 35.5. The van der Waals surface area contributed by atoms with E-state index < -0.39 is 11.9 Å². The monoisotopic (exact) mass is 515 g/mol. The summed E-state index contributed by atoms with van der Waals surface area (Å²) in [5.41, 5.74) is 0.0765. The highest BCUT2D eigenvalue weighted by Gasteiger charge is 2.41. The van der Waals surface area contributed by atoms with Crippen LogP contribution in [-0.4, -0.2) is 102 Å². The zero-order chi connectivity index (χ0) is 25.6. The van der Waals surface area contributed by atoms with Crippen LogP contribution in [0.1, 0.15) is 10.4 Å². The molecule has 1 atom stereocenters. The Labute approximate surface area is 213 Å². The predicted molar refractivity (Wildman–Crippen MR) is 133 cm³/mol. The van der Waals surface area contributed by atoms with Crippen LogP contribution >= 0.6 is 11.6 Å². The van der Waals surface area contributed by atoms with Crippen molar-refractivity contribution in [2.75, 3.05) is 64.4 Å². The van der Waals surface area contributed by atoms with Crippen molar-refractivity contribution in [3.05, 3.63) is 47.3 Å². The Bertz CT molecular complexity index is 1210. The smallest absolute Gasteiger partial charge is 0.261 e. The number of halogens is 2. The Balaban J connectivity index is 1.64. The Morgan fingerprint density at radius 3 is 2.67 bits per heavy atom. The molecule has 3 aliphatic heterocycles. The number of hydrogen-bond acceptors (Lipinski definition) is 7. The van der Waals surface area contributed by atoms with Crippen molar-refractivity contribution >= 4 is 29.2 Å². The Hall–Kier alpha value is -3.37. The van der Waals surface area contributed by atoms with E-state index in [4.69, 9.17) is 16.3 Å². The molecule has 0 saturated carbocycles. The molecule has 0 bridgehead atoms. The molecule has 0 unspecified atom stereocenters. The van der Waals surface area contributed by atoms with Gasteiger partial charge in [-0.1, -0.05) is 24.2 Å². The van der Waals surface area contributed by atoms with Crippen LogP contribution in [0.2, 0.25) is 5.02 Å². The lowest BCUT2D eigenvalue weighted by Gasteiger charge is -2.40. The molecular formula is C25H27ClFN5O4. The molecule has 36 heavy (non-hydrogen) atoms. The first-order chi connectivity index (χ1) is 17.3. The van der Waals surface area contributed by atoms with Crippen LogP contribution in [0.25, 0.3) is 11.3 Å². The van der Waals surface area contributed by atoms with E-state index in [1.165, 1.54) is 24.3 Å². The fraction of sp³-hybridized carbons (Fsp3) is 0.400. The number of anilines is 1. The number of piperazine rings is 2. The van der Waals surface area contributed by atoms with Crippen molar-refractivity contribution < 1.29 is 23.8 Å². The van der Waals surface area contributed by atoms with Gasteiger partial charge in [0, 0.05) is 45.8 Å². The number of fused-ring (bicyclic) bond motifs is 2. The van der Waals surface area contributed by atoms with Crippen LogP contribution < -0.4 is 9.64 Å². The van der Waals surface area contributed by atoms with Gasteiger partial charge in [0.15, 0.2) is 5.75 Å². The van der Waals surface area contributed by atoms with E-state index in [0.29, 0.717) is 38.5 Å². The van der Waals surface area contributed by atoms with E-state index >= 15 is 0 Å². The number of hydrogen-bond donors (Lipinski definition) is 1. The van der Waals surface area contributed by atoms with E-state index in [2.05, 4.69) is 16.5 Å². The lowest BCUT2D eigenvalue weighted by molar-refractivity contribution is -0.128. The molecule has 2 saturated heterocycles. The minimum Gasteiger partial charge on any atom is -0.507 e. The third-order valence-electron chi connectivity index (χ3n) is 6.97. The second-order valence-corrected chi connectivity index (χ2v) is 9.56. The molecule has 5 rings (SSSR count). The van der Waals surface area contributed by atoms with Gasteiger partial charge < -0.3 is 29.4 Å². The van der Waals surface area contributed by atoms with E-state index in [0.717, 1.165) is 13.1 Å². The summed E-state index contributed by atoms with van der Waals surface area (Å²) in [7, 11) is 2.01. The number of benzene rings is 1. The summed E-state index contributed by atoms with van der Waals surface area (Å²) in [6, 6.07) is 3.56. The zero-order valence-corrected chi connectivity index (χ0v) is 20.7. The summed E-state index contributed by atoms with van der Waals surface area (Å²) in [5, 5.41) is 10.4. The Kier molecular flexibility index (Phi) is 6.48. The number of ether oxygens (including phenoxy) is 1. The zero-order valence-electron chi connectivity index (χ0n) is 19.9. The number of aromatic hydroxyl groups is 1. The molecule has 3 aliphatic rings. The van der Waals surface area contributed by atoms with Gasteiger partial charge in [0.2, 0.25) is 5.91 Å². The molecule has 2 aromatic rings. The van der Waals surface area contributed by atoms with Crippen LogP contribution in [0.5, 0.6) is 11.5 Å². The van der Waals surface area contributed by atoms with Crippen LogP contribution in [0.4, 0.5) is 10.2 Å². The summed E-state index contributed by atoms with van der Waals surface area (Å²) in [4.78, 5) is 38.3. The third-order valence-corrected chi connectivity index (χ3v) is 7.32. The number of likely N-dealkylation sites (N-methyl/N-ethyl adjacent to an activating group) is 1. The number of rotatable bonds is 3. The average Bonchev–Trinajstić information content (AvgIpc) is 3.02. The molecule has 0 aliphatic carbocycles. The minimum absolute atomic E-state index is 0.0103. The molecule has 0 radical (unpaired) electrons. The SMILES string of the molecule is C=CC(=O)N1CCN2C(=O)c3c(N4CCN(C)CC4)nc(-c4c(O)cccc4F)c(Cl)c3OC[C@H]2C1. The van der Waals surface area contributed by atoms with Gasteiger partial charge in [-0.05, 0) is 25.3 Å². The standard InChI is InChI=1S/C25H27ClFN5O4/c1-3-18(34)31-11-12-32-15(13-31)14-36-23-20(25(32)35)24(30-9-7-29(2)8-10-30)28-22(21(23)26)19-16(27)5-4-6-17(19)33/h3-6,15,33H,1,7-14H2,2H3/t15-/m1/s1. The lowest BCUT2D eigenvalue weighted by Crippen LogP contribution is -2.57. The molecule has 2 fully saturated rings. The lowest BCUT2D eigenvalue weighted by atomic mass is 10.0. The molecule has 1 aromatic carbocycles. The molecule has 11 heteroatoms. The summed E-state index contributed by atoms with van der Waals surface area (Å²) in [5.74, 6) is -1.06. The van der Waals surface area contributed by atoms with E-state index in [1.54, 1.807) is 9.80 Å². The maximum Gasteiger partial charge on any atom is 0.261 e. The van der Waals surface area contributed by atoms with Crippen molar-refractivity contribution in [1.29, 1.82) is 0 Å². The second-order valence-electron chi connectivity index (χ2n) is 9.18. The predicted octanol–water partition coefficient (Wildman–Crippen LogP) is 2.23. The number of nitrogens with zero attached hydrogens (tertiary/aromatic N) is 5. The fourth-order valence-electron chi connectivity index (χ4n) is 4.94. The van der Waals surface area contributed by atoms with Gasteiger partial charge in [-0.3, -0.25) is 9.59 Å². The summed E-state index contributed by atoms with van der Waals surface area (Å²) in [6.07, 6.45) is 1.25. The first-order valence-electron chi connectivity index (χ1n) is 11.8. The third kappa shape index (κ3) is 4.14. The Morgan fingerprint density at radius 1 is 1.22 bits per heavy atom. The first-order valence-corrected chi connectivity index (χ1v) is 12.2. The fourth-order valence-corrected chi connectivity index (χ4v) is 5.22. The molecule has 0 spiro atoms. The number of carbonyl (C=O) groups is 2. The highest BCUT2D eigenvalue weighted by Crippen LogP contribution is 2.46. The van der Waals surface area contributed by atoms with Gasteiger partial charge in [0.05, 0.1) is 11.6 Å². The van der Waals surface area contributed by atoms with Gasteiger partial charge in [0.25, 0.3) is 5.91 Å². The number of aromatic nitrogens is 1. The van der Waals surface area contributed by atoms with E-state index in [9.17, 15) is 19.1 Å². The van der Waals surface area contributed by atoms with Gasteiger partial charge in [-0.2, -0.15) is 0 Å². The molecule has 1 N–H and O–H groups in total. The maximum absolute atomic E-state index is 14.9. The number of pyridine rings is 1. The van der Waals surface area contributed by atoms with E-state index in [-0.39, 0.29) is 51.8 Å². The van der Waals surface area contributed by atoms with Gasteiger partial charge >= 0.3 is 0 Å². The normalized spacial score (nSPS) is 20.4. The number of phenols is 1. The highest BCUT2D eigenvalue weighted by molar-refractivity contribution is 6.35. The summed E-state index contributed by atoms with van der Waals surface area (Å²) >= 11 is 6.74. The molecule has 9 nitrogen and oxygen atoms in total. The number of carbonyl (C=O) groups excluding carboxylic acids is 2. The van der Waals surface area contributed by atoms with Gasteiger partial charge in [0.1, 0.15) is 40.3 Å². The average molecular weight is 516 g/mol. The Morgan fingerprint density at radius 2 is 1.97 bits per heavy atom. The number of phenolic OH excluding ortho intramolecular Hbond substituents is 1. The van der Waals surface area contributed by atoms with Crippen molar-refractivity contribution in [2.45, 2.75) is 6.04 Å². The molecule has 4 heterocycles. The minimum atomic E-state index is -0.690. The molecule has 1 aromatic heterocycles. The second kappa shape index (κ2) is 9.59. The van der Waals surface area contributed by atoms with E-state index in [1.807, 2.05) is 11.9 Å². The maximum atomic E-state index is 14.9. The molecule has 190 valence electrons. The first kappa shape index (κ1) is 24.3. The van der Waals surface area contributed by atoms with Crippen molar-refractivity contribution in [1.82, 2.24) is 19.7 Å². The number of amides is 2. The van der Waals surface area contributed by atoms with Crippen LogP contribution in [0, 0.1) is 5.82 Å². The molecular weight excluding hydrogens is 489 g/mol. The quantitative estimate of drug-likeness (QED) is 0.627. The largest absolute Gasteiger partial charge is 0.507 e. The summed E-state index contributed by atoms with van der Waals surface area (Å²) in [6.45, 7) is 7.31. The van der Waals surface area contributed by atoms with Gasteiger partial charge in [-0.15, -0.1) is 0 Å². The van der Waals surface area contributed by atoms with Crippen molar-refractivity contribution in [2.24, 2.45) is 0 Å². The topological polar surface area (TPSA) is 89.5 Å². The van der Waals surface area contributed by atoms with Crippen LogP contribution in [0.15, 0.2) is 30.9 Å². The molecule has 2 amide bonds. The van der Waals surface area contributed by atoms with Crippen LogP contribution in [0.3, 0.4) is 0 Å². The van der Waals surface area contributed by atoms with Crippen LogP contribution in [-0.2, 0) is 4.79 Å². The van der Waals surface area contributed by atoms with Crippen molar-refractivity contribution in [3.8, 4) is 22.8 Å². The van der Waals surface area contributed by atoms with Gasteiger partial charge in [-0.25, -0.2) is 9.37 Å².